The van der Waals surface area contributed by atoms with Crippen LogP contribution in [0, 0.1) is 0 Å². The second-order valence-corrected chi connectivity index (χ2v) is 3.88. The molecular formula is C13H24. The minimum atomic E-state index is 1.24. The van der Waals surface area contributed by atoms with Crippen LogP contribution in [-0.4, -0.2) is 0 Å². The predicted octanol–water partition coefficient (Wildman–Crippen LogP) is 4.87. The van der Waals surface area contributed by atoms with Gasteiger partial charge in [-0.05, 0) is 26.7 Å². The molecule has 0 aromatic rings. The van der Waals surface area contributed by atoms with Crippen molar-refractivity contribution < 1.29 is 0 Å². The third-order valence-corrected chi connectivity index (χ3v) is 2.04. The van der Waals surface area contributed by atoms with Crippen LogP contribution in [0.25, 0.3) is 0 Å². The molecule has 0 rings (SSSR count). The molecule has 0 unspecified atom stereocenters. The normalized spacial score (nSPS) is 10.7. The van der Waals surface area contributed by atoms with Crippen molar-refractivity contribution in [3.63, 3.8) is 0 Å². The number of hydrogen-bond acceptors (Lipinski definition) is 0. The molecule has 13 heavy (non-hydrogen) atoms. The minimum absolute atomic E-state index is 1.24. The molecule has 0 fully saturated rings. The number of rotatable bonds is 7. The Morgan fingerprint density at radius 2 is 1.69 bits per heavy atom. The molecule has 0 aliphatic heterocycles. The molecule has 0 atom stereocenters. The van der Waals surface area contributed by atoms with Gasteiger partial charge < -0.3 is 0 Å². The topological polar surface area (TPSA) is 0 Å². The Hall–Kier alpha value is -0.520. The first-order chi connectivity index (χ1) is 6.27. The molecule has 0 aromatic heterocycles. The highest BCUT2D eigenvalue weighted by Gasteiger charge is 1.85. The van der Waals surface area contributed by atoms with Crippen LogP contribution in [-0.2, 0) is 0 Å². The maximum atomic E-state index is 2.28. The fourth-order valence-electron chi connectivity index (χ4n) is 1.22. The molecule has 0 heteroatoms. The van der Waals surface area contributed by atoms with Crippen molar-refractivity contribution in [1.29, 1.82) is 0 Å². The zero-order chi connectivity index (χ0) is 9.94. The van der Waals surface area contributed by atoms with Gasteiger partial charge in [0.25, 0.3) is 0 Å². The predicted molar refractivity (Wildman–Crippen MR) is 61.9 cm³/mol. The second kappa shape index (κ2) is 9.57. The summed E-state index contributed by atoms with van der Waals surface area (Å²) in [5.74, 6) is 0. The summed E-state index contributed by atoms with van der Waals surface area (Å²) in [6.07, 6.45) is 14.8. The lowest BCUT2D eigenvalue weighted by Crippen LogP contribution is -1.75. The first-order valence-electron chi connectivity index (χ1n) is 5.57. The first kappa shape index (κ1) is 12.5. The Labute approximate surface area is 83.7 Å². The smallest absolute Gasteiger partial charge is 0.0348 e. The van der Waals surface area contributed by atoms with E-state index in [1.807, 2.05) is 0 Å². The van der Waals surface area contributed by atoms with E-state index in [1.165, 1.54) is 44.1 Å². The summed E-state index contributed by atoms with van der Waals surface area (Å²) in [5.41, 5.74) is 1.38. The Balaban J connectivity index is 3.16. The molecule has 0 radical (unpaired) electrons. The molecule has 0 nitrogen and oxygen atoms in total. The van der Waals surface area contributed by atoms with Crippen molar-refractivity contribution in [2.75, 3.05) is 0 Å². The van der Waals surface area contributed by atoms with E-state index in [4.69, 9.17) is 0 Å². The maximum absolute atomic E-state index is 2.28. The average Bonchev–Trinajstić information content (AvgIpc) is 2.09. The van der Waals surface area contributed by atoms with Gasteiger partial charge in [0.15, 0.2) is 0 Å². The lowest BCUT2D eigenvalue weighted by atomic mass is 10.1. The largest absolute Gasteiger partial charge is 0.0845 e. The zero-order valence-corrected chi connectivity index (χ0v) is 9.47. The summed E-state index contributed by atoms with van der Waals surface area (Å²) in [7, 11) is 0. The van der Waals surface area contributed by atoms with Gasteiger partial charge in [-0.1, -0.05) is 56.4 Å². The van der Waals surface area contributed by atoms with Crippen LogP contribution in [0.5, 0.6) is 0 Å². The van der Waals surface area contributed by atoms with E-state index in [0.717, 1.165) is 0 Å². The molecule has 0 spiro atoms. The molecule has 0 heterocycles. The standard InChI is InChI=1S/C13H24/c1-4-5-6-7-8-9-10-11-12-13(2)3/h10-12H,4-9H2,1-3H3/b11-10+. The van der Waals surface area contributed by atoms with E-state index in [1.54, 1.807) is 0 Å². The second-order valence-electron chi connectivity index (χ2n) is 3.88. The van der Waals surface area contributed by atoms with Crippen LogP contribution in [0.4, 0.5) is 0 Å². The van der Waals surface area contributed by atoms with Crippen LogP contribution in [0.15, 0.2) is 23.8 Å². The quantitative estimate of drug-likeness (QED) is 0.387. The summed E-state index contributed by atoms with van der Waals surface area (Å²) in [6.45, 7) is 6.52. The summed E-state index contributed by atoms with van der Waals surface area (Å²) < 4.78 is 0. The molecule has 0 bridgehead atoms. The van der Waals surface area contributed by atoms with Crippen LogP contribution in [0.2, 0.25) is 0 Å². The highest BCUT2D eigenvalue weighted by atomic mass is 13.9. The Kier molecular flexibility index (Phi) is 9.18. The molecule has 0 amide bonds. The summed E-state index contributed by atoms with van der Waals surface area (Å²) in [5, 5.41) is 0. The van der Waals surface area contributed by atoms with E-state index in [2.05, 4.69) is 39.0 Å². The monoisotopic (exact) mass is 180 g/mol. The van der Waals surface area contributed by atoms with Crippen LogP contribution in [0.3, 0.4) is 0 Å². The van der Waals surface area contributed by atoms with Gasteiger partial charge >= 0.3 is 0 Å². The van der Waals surface area contributed by atoms with Gasteiger partial charge in [-0.2, -0.15) is 0 Å². The number of hydrogen-bond donors (Lipinski definition) is 0. The summed E-state index contributed by atoms with van der Waals surface area (Å²) in [6, 6.07) is 0. The van der Waals surface area contributed by atoms with Gasteiger partial charge in [-0.3, -0.25) is 0 Å². The number of unbranched alkanes of at least 4 members (excludes halogenated alkanes) is 5. The van der Waals surface area contributed by atoms with E-state index in [9.17, 15) is 0 Å². The van der Waals surface area contributed by atoms with Gasteiger partial charge in [0, 0.05) is 0 Å². The average molecular weight is 180 g/mol. The van der Waals surface area contributed by atoms with Gasteiger partial charge in [0.2, 0.25) is 0 Å². The van der Waals surface area contributed by atoms with E-state index >= 15 is 0 Å². The molecule has 0 aromatic carbocycles. The Morgan fingerprint density at radius 3 is 2.31 bits per heavy atom. The van der Waals surface area contributed by atoms with Crippen LogP contribution in [0.1, 0.15) is 59.3 Å². The fraction of sp³-hybridized carbons (Fsp3) is 0.692. The third kappa shape index (κ3) is 11.5. The molecule has 76 valence electrons. The fourth-order valence-corrected chi connectivity index (χ4v) is 1.22. The van der Waals surface area contributed by atoms with Crippen molar-refractivity contribution in [1.82, 2.24) is 0 Å². The van der Waals surface area contributed by atoms with Crippen LogP contribution < -0.4 is 0 Å². The van der Waals surface area contributed by atoms with Crippen molar-refractivity contribution >= 4 is 0 Å². The maximum Gasteiger partial charge on any atom is -0.0348 e. The Morgan fingerprint density at radius 1 is 1.00 bits per heavy atom. The molecule has 0 aliphatic carbocycles. The third-order valence-electron chi connectivity index (χ3n) is 2.04. The van der Waals surface area contributed by atoms with Crippen molar-refractivity contribution in [2.24, 2.45) is 0 Å². The van der Waals surface area contributed by atoms with Gasteiger partial charge in [0.05, 0.1) is 0 Å². The van der Waals surface area contributed by atoms with Gasteiger partial charge in [-0.15, -0.1) is 0 Å². The first-order valence-corrected chi connectivity index (χ1v) is 5.57. The zero-order valence-electron chi connectivity index (χ0n) is 9.47. The molecule has 0 saturated carbocycles. The van der Waals surface area contributed by atoms with Crippen molar-refractivity contribution in [2.45, 2.75) is 59.3 Å². The van der Waals surface area contributed by atoms with Crippen LogP contribution >= 0.6 is 0 Å². The number of allylic oxidation sites excluding steroid dienone is 4. The van der Waals surface area contributed by atoms with E-state index in [-0.39, 0.29) is 0 Å². The van der Waals surface area contributed by atoms with Gasteiger partial charge in [-0.25, -0.2) is 0 Å². The molecule has 0 N–H and O–H groups in total. The highest BCUT2D eigenvalue weighted by Crippen LogP contribution is 2.05. The lowest BCUT2D eigenvalue weighted by Gasteiger charge is -1.95. The van der Waals surface area contributed by atoms with Crippen molar-refractivity contribution in [3.8, 4) is 0 Å². The van der Waals surface area contributed by atoms with E-state index in [0.29, 0.717) is 0 Å². The molecular weight excluding hydrogens is 156 g/mol. The van der Waals surface area contributed by atoms with E-state index < -0.39 is 0 Å². The highest BCUT2D eigenvalue weighted by molar-refractivity contribution is 5.07. The Bertz CT molecular complexity index is 147. The molecule has 0 aliphatic rings. The summed E-state index contributed by atoms with van der Waals surface area (Å²) in [4.78, 5) is 0. The SMILES string of the molecule is CCCCCCC/C=C/C=C(C)C. The lowest BCUT2D eigenvalue weighted by molar-refractivity contribution is 0.637. The van der Waals surface area contributed by atoms with Gasteiger partial charge in [0.1, 0.15) is 0 Å². The molecule has 0 saturated heterocycles. The van der Waals surface area contributed by atoms with Crippen molar-refractivity contribution in [3.05, 3.63) is 23.8 Å². The minimum Gasteiger partial charge on any atom is -0.0845 e. The summed E-state index contributed by atoms with van der Waals surface area (Å²) >= 11 is 0.